The number of rotatable bonds is 7. The second kappa shape index (κ2) is 12.4. The van der Waals surface area contributed by atoms with Crippen LogP contribution in [0.15, 0.2) is 46.8 Å². The minimum absolute atomic E-state index is 0.000738. The van der Waals surface area contributed by atoms with Crippen molar-refractivity contribution in [3.8, 4) is 5.75 Å². The number of nitrogens with zero attached hydrogens (tertiary/aromatic N) is 3. The van der Waals surface area contributed by atoms with Gasteiger partial charge in [-0.05, 0) is 86.6 Å². The Kier molecular flexibility index (Phi) is 9.07. The first-order valence-corrected chi connectivity index (χ1v) is 16.2. The number of carbonyl (C=O) groups excluding carboxylic acids is 2. The number of hydrogen-bond donors (Lipinski definition) is 3. The molecule has 0 aromatic heterocycles. The summed E-state index contributed by atoms with van der Waals surface area (Å²) in [5.41, 5.74) is 0.293. The van der Waals surface area contributed by atoms with Crippen molar-refractivity contribution in [3.63, 3.8) is 0 Å². The number of aryl methyl sites for hydroxylation is 2. The highest BCUT2D eigenvalue weighted by atomic mass is 32.2. The molecule has 15 heteroatoms. The van der Waals surface area contributed by atoms with Crippen LogP contribution in [0.25, 0.3) is 6.08 Å². The maximum atomic E-state index is 13.3. The second-order valence-electron chi connectivity index (χ2n) is 12.0. The van der Waals surface area contributed by atoms with Gasteiger partial charge in [0.05, 0.1) is 12.2 Å². The number of alkyl halides is 3. The van der Waals surface area contributed by atoms with Crippen LogP contribution in [-0.2, 0) is 14.8 Å². The van der Waals surface area contributed by atoms with Crippen molar-refractivity contribution < 1.29 is 46.1 Å². The molecule has 2 aromatic rings. The summed E-state index contributed by atoms with van der Waals surface area (Å²) in [6.45, 7) is 3.82. The fourth-order valence-corrected chi connectivity index (χ4v) is 7.18. The van der Waals surface area contributed by atoms with Crippen molar-refractivity contribution in [2.45, 2.75) is 57.0 Å². The SMILES string of the molecule is Cc1cc(C(=O)N2CCC(O)(CO)CC2)cc(C)c1C=CS(=O)(=O)N1CCC2(CC1)N=C(c1cccc(OC(F)(F)F)c1)NC2=O. The number of amidine groups is 1. The Hall–Kier alpha value is -3.79. The Morgan fingerprint density at radius 1 is 1.07 bits per heavy atom. The summed E-state index contributed by atoms with van der Waals surface area (Å²) in [5, 5.41) is 23.3. The van der Waals surface area contributed by atoms with E-state index in [4.69, 9.17) is 0 Å². The van der Waals surface area contributed by atoms with Crippen LogP contribution in [0, 0.1) is 13.8 Å². The van der Waals surface area contributed by atoms with E-state index in [-0.39, 0.29) is 62.7 Å². The average molecular weight is 665 g/mol. The van der Waals surface area contributed by atoms with Crippen molar-refractivity contribution >= 4 is 33.7 Å². The number of aliphatic hydroxyl groups is 2. The van der Waals surface area contributed by atoms with Crippen LogP contribution in [0.3, 0.4) is 0 Å². The summed E-state index contributed by atoms with van der Waals surface area (Å²) in [5.74, 6) is -1.03. The van der Waals surface area contributed by atoms with Gasteiger partial charge in [0.15, 0.2) is 0 Å². The third kappa shape index (κ3) is 7.12. The number of benzene rings is 2. The molecule has 1 spiro atoms. The molecule has 2 amide bonds. The standard InChI is InChI=1S/C31H35F3N4O7S/c1-20-16-23(27(40)37-11-7-29(42,19-39)8-12-37)17-21(2)25(20)6-15-46(43,44)38-13-9-30(10-14-38)28(41)35-26(36-30)22-4-3-5-24(18-22)45-31(32,33)34/h3-6,15-18,39,42H,7-14,19H2,1-2H3,(H,35,36,41). The predicted octanol–water partition coefficient (Wildman–Crippen LogP) is 2.87. The second-order valence-corrected chi connectivity index (χ2v) is 13.8. The molecule has 0 aliphatic carbocycles. The first kappa shape index (κ1) is 33.6. The minimum atomic E-state index is -4.88. The zero-order valence-corrected chi connectivity index (χ0v) is 26.1. The van der Waals surface area contributed by atoms with Crippen LogP contribution in [0.4, 0.5) is 13.2 Å². The molecule has 0 atom stereocenters. The maximum Gasteiger partial charge on any atom is 0.573 e. The molecule has 2 saturated heterocycles. The van der Waals surface area contributed by atoms with Crippen molar-refractivity contribution in [2.24, 2.45) is 4.99 Å². The van der Waals surface area contributed by atoms with E-state index < -0.39 is 39.2 Å². The van der Waals surface area contributed by atoms with Gasteiger partial charge in [-0.25, -0.2) is 8.42 Å². The Morgan fingerprint density at radius 2 is 1.70 bits per heavy atom. The molecule has 2 aromatic carbocycles. The van der Waals surface area contributed by atoms with E-state index >= 15 is 0 Å². The first-order valence-electron chi connectivity index (χ1n) is 14.7. The Bertz CT molecular complexity index is 1670. The quantitative estimate of drug-likeness (QED) is 0.412. The molecule has 5 rings (SSSR count). The molecule has 3 aliphatic heterocycles. The maximum absolute atomic E-state index is 13.3. The van der Waals surface area contributed by atoms with Gasteiger partial charge >= 0.3 is 6.36 Å². The molecule has 3 heterocycles. The number of aliphatic imine (C=N–C) groups is 1. The van der Waals surface area contributed by atoms with E-state index in [0.29, 0.717) is 35.3 Å². The van der Waals surface area contributed by atoms with Crippen molar-refractivity contribution in [3.05, 3.63) is 69.6 Å². The van der Waals surface area contributed by atoms with Gasteiger partial charge in [0.2, 0.25) is 10.0 Å². The Labute approximate surface area is 264 Å². The van der Waals surface area contributed by atoms with Gasteiger partial charge in [-0.3, -0.25) is 14.6 Å². The topological polar surface area (TPSA) is 149 Å². The van der Waals surface area contributed by atoms with Crippen LogP contribution in [0.2, 0.25) is 0 Å². The summed E-state index contributed by atoms with van der Waals surface area (Å²) in [7, 11) is -3.89. The smallest absolute Gasteiger partial charge is 0.406 e. The van der Waals surface area contributed by atoms with Crippen LogP contribution in [0.1, 0.15) is 58.3 Å². The number of hydrogen-bond acceptors (Lipinski definition) is 8. The molecule has 3 aliphatic rings. The lowest BCUT2D eigenvalue weighted by Gasteiger charge is -2.37. The predicted molar refractivity (Wildman–Crippen MR) is 162 cm³/mol. The fraction of sp³-hybridized carbons (Fsp3) is 0.452. The lowest BCUT2D eigenvalue weighted by Crippen LogP contribution is -2.50. The largest absolute Gasteiger partial charge is 0.573 e. The molecular formula is C31H35F3N4O7S. The van der Waals surface area contributed by atoms with Crippen LogP contribution >= 0.6 is 0 Å². The molecule has 0 unspecified atom stereocenters. The summed E-state index contributed by atoms with van der Waals surface area (Å²) >= 11 is 0. The number of ether oxygens (including phenoxy) is 1. The molecule has 2 fully saturated rings. The third-order valence-electron chi connectivity index (χ3n) is 8.75. The van der Waals surface area contributed by atoms with E-state index in [1.165, 1.54) is 22.5 Å². The summed E-state index contributed by atoms with van der Waals surface area (Å²) in [4.78, 5) is 32.2. The molecule has 0 radical (unpaired) electrons. The first-order chi connectivity index (χ1) is 21.5. The zero-order chi connectivity index (χ0) is 33.5. The van der Waals surface area contributed by atoms with E-state index in [1.807, 2.05) is 0 Å². The molecule has 11 nitrogen and oxygen atoms in total. The van der Waals surface area contributed by atoms with E-state index in [0.717, 1.165) is 17.5 Å². The van der Waals surface area contributed by atoms with Crippen LogP contribution in [0.5, 0.6) is 5.75 Å². The number of sulfonamides is 1. The van der Waals surface area contributed by atoms with Crippen molar-refractivity contribution in [1.29, 1.82) is 0 Å². The highest BCUT2D eigenvalue weighted by Gasteiger charge is 2.47. The van der Waals surface area contributed by atoms with Crippen molar-refractivity contribution in [2.75, 3.05) is 32.8 Å². The van der Waals surface area contributed by atoms with Gasteiger partial charge in [-0.15, -0.1) is 13.2 Å². The fourth-order valence-electron chi connectivity index (χ4n) is 6.01. The normalized spacial score (nSPS) is 20.2. The van der Waals surface area contributed by atoms with Gasteiger partial charge in [0.1, 0.15) is 17.1 Å². The van der Waals surface area contributed by atoms with Gasteiger partial charge in [0, 0.05) is 42.7 Å². The highest BCUT2D eigenvalue weighted by Crippen LogP contribution is 2.33. The zero-order valence-electron chi connectivity index (χ0n) is 25.3. The van der Waals surface area contributed by atoms with Crippen molar-refractivity contribution in [1.82, 2.24) is 14.5 Å². The number of amides is 2. The van der Waals surface area contributed by atoms with E-state index in [2.05, 4.69) is 15.0 Å². The molecule has 0 saturated carbocycles. The molecule has 248 valence electrons. The highest BCUT2D eigenvalue weighted by molar-refractivity contribution is 7.92. The van der Waals surface area contributed by atoms with Gasteiger partial charge in [0.25, 0.3) is 11.8 Å². The number of piperidine rings is 2. The lowest BCUT2D eigenvalue weighted by atomic mass is 9.89. The van der Waals surface area contributed by atoms with E-state index in [9.17, 15) is 41.4 Å². The molecule has 46 heavy (non-hydrogen) atoms. The van der Waals surface area contributed by atoms with Gasteiger partial charge in [-0.1, -0.05) is 12.1 Å². The Morgan fingerprint density at radius 3 is 2.28 bits per heavy atom. The Balaban J connectivity index is 1.24. The number of likely N-dealkylation sites (tertiary alicyclic amines) is 1. The molecule has 3 N–H and O–H groups in total. The molecular weight excluding hydrogens is 629 g/mol. The number of nitrogens with one attached hydrogen (secondary N) is 1. The summed E-state index contributed by atoms with van der Waals surface area (Å²) < 4.78 is 69.7. The monoisotopic (exact) mass is 664 g/mol. The van der Waals surface area contributed by atoms with Crippen LogP contribution in [-0.4, -0.2) is 95.8 Å². The average Bonchev–Trinajstić information content (AvgIpc) is 3.31. The number of aliphatic hydroxyl groups excluding tert-OH is 1. The minimum Gasteiger partial charge on any atom is -0.406 e. The molecule has 0 bridgehead atoms. The van der Waals surface area contributed by atoms with Crippen LogP contribution < -0.4 is 10.1 Å². The lowest BCUT2D eigenvalue weighted by molar-refractivity contribution is -0.274. The number of carbonyl (C=O) groups is 2. The summed E-state index contributed by atoms with van der Waals surface area (Å²) in [6, 6.07) is 8.48. The third-order valence-corrected chi connectivity index (χ3v) is 10.3. The van der Waals surface area contributed by atoms with E-state index in [1.54, 1.807) is 30.9 Å². The summed E-state index contributed by atoms with van der Waals surface area (Å²) in [6.07, 6.45) is -2.69. The van der Waals surface area contributed by atoms with Gasteiger partial charge < -0.3 is 25.2 Å². The van der Waals surface area contributed by atoms with Gasteiger partial charge in [-0.2, -0.15) is 4.31 Å². The number of halogens is 3.